The Labute approximate surface area is 223 Å². The van der Waals surface area contributed by atoms with Crippen LogP contribution in [0.1, 0.15) is 50.6 Å². The van der Waals surface area contributed by atoms with Gasteiger partial charge in [0.15, 0.2) is 29.1 Å². The van der Waals surface area contributed by atoms with Gasteiger partial charge in [-0.05, 0) is 49.6 Å². The lowest BCUT2D eigenvalue weighted by Gasteiger charge is -2.36. The minimum absolute atomic E-state index is 0.0717. The van der Waals surface area contributed by atoms with Crippen molar-refractivity contribution in [3.05, 3.63) is 48.0 Å². The maximum absolute atomic E-state index is 13.8. The number of amides is 2. The van der Waals surface area contributed by atoms with E-state index in [2.05, 4.69) is 5.32 Å². The van der Waals surface area contributed by atoms with Crippen LogP contribution in [0, 0.1) is 0 Å². The van der Waals surface area contributed by atoms with Crippen LogP contribution in [0.15, 0.2) is 42.5 Å². The number of fused-ring (bicyclic) bond motifs is 1. The highest BCUT2D eigenvalue weighted by Gasteiger charge is 2.36. The predicted molar refractivity (Wildman–Crippen MR) is 141 cm³/mol. The largest absolute Gasteiger partial charge is 0.493 e. The number of ether oxygens (including phenoxy) is 4. The number of methoxy groups -OCH3 is 1. The first-order valence-corrected chi connectivity index (χ1v) is 13.4. The van der Waals surface area contributed by atoms with Crippen molar-refractivity contribution < 1.29 is 28.5 Å². The van der Waals surface area contributed by atoms with Crippen LogP contribution in [0.3, 0.4) is 0 Å². The highest BCUT2D eigenvalue weighted by atomic mass is 35.5. The van der Waals surface area contributed by atoms with E-state index in [0.29, 0.717) is 35.2 Å². The Hall–Kier alpha value is -3.13. The van der Waals surface area contributed by atoms with Crippen LogP contribution < -0.4 is 24.3 Å². The van der Waals surface area contributed by atoms with Crippen LogP contribution in [0.25, 0.3) is 0 Å². The SMILES string of the molecule is CCOc1ccc(C(C(=O)NC2CCCCC2)N(CC2COc3ccccc3O2)C(=O)CCl)cc1OC. The molecule has 1 fully saturated rings. The summed E-state index contributed by atoms with van der Waals surface area (Å²) >= 11 is 6.06. The van der Waals surface area contributed by atoms with E-state index in [1.165, 1.54) is 11.3 Å². The Balaban J connectivity index is 1.66. The van der Waals surface area contributed by atoms with Crippen molar-refractivity contribution >= 4 is 23.4 Å². The van der Waals surface area contributed by atoms with E-state index in [1.807, 2.05) is 31.2 Å². The van der Waals surface area contributed by atoms with Crippen LogP contribution in [0.5, 0.6) is 23.0 Å². The molecule has 1 aliphatic carbocycles. The summed E-state index contributed by atoms with van der Waals surface area (Å²) in [6, 6.07) is 11.8. The molecular weight excluding hydrogens is 496 g/mol. The van der Waals surface area contributed by atoms with Crippen LogP contribution in [-0.2, 0) is 9.59 Å². The van der Waals surface area contributed by atoms with Gasteiger partial charge in [-0.3, -0.25) is 9.59 Å². The van der Waals surface area contributed by atoms with Gasteiger partial charge >= 0.3 is 0 Å². The third kappa shape index (κ3) is 6.60. The number of nitrogens with one attached hydrogen (secondary N) is 1. The summed E-state index contributed by atoms with van der Waals surface area (Å²) in [5.74, 6) is 1.40. The zero-order valence-corrected chi connectivity index (χ0v) is 22.2. The van der Waals surface area contributed by atoms with Gasteiger partial charge in [0.1, 0.15) is 18.5 Å². The predicted octanol–water partition coefficient (Wildman–Crippen LogP) is 4.49. The lowest BCUT2D eigenvalue weighted by Crippen LogP contribution is -2.51. The Bertz CT molecular complexity index is 1070. The molecule has 200 valence electrons. The average molecular weight is 531 g/mol. The van der Waals surface area contributed by atoms with Crippen LogP contribution in [-0.4, -0.2) is 61.6 Å². The normalized spacial score (nSPS) is 18.0. The molecule has 0 radical (unpaired) electrons. The molecule has 9 heteroatoms. The third-order valence-electron chi connectivity index (χ3n) is 6.72. The Morgan fingerprint density at radius 3 is 2.57 bits per heavy atom. The molecule has 1 aliphatic heterocycles. The Morgan fingerprint density at radius 2 is 1.86 bits per heavy atom. The lowest BCUT2D eigenvalue weighted by molar-refractivity contribution is -0.141. The number of benzene rings is 2. The van der Waals surface area contributed by atoms with Crippen molar-refractivity contribution in [2.24, 2.45) is 0 Å². The van der Waals surface area contributed by atoms with E-state index < -0.39 is 12.1 Å². The smallest absolute Gasteiger partial charge is 0.247 e. The van der Waals surface area contributed by atoms with Gasteiger partial charge in [-0.2, -0.15) is 0 Å². The van der Waals surface area contributed by atoms with Crippen LogP contribution in [0.2, 0.25) is 0 Å². The van der Waals surface area contributed by atoms with Crippen molar-refractivity contribution in [1.29, 1.82) is 0 Å². The molecule has 2 amide bonds. The number of nitrogens with zero attached hydrogens (tertiary/aromatic N) is 1. The summed E-state index contributed by atoms with van der Waals surface area (Å²) in [5, 5.41) is 3.19. The van der Waals surface area contributed by atoms with E-state index in [0.717, 1.165) is 25.7 Å². The Morgan fingerprint density at radius 1 is 1.11 bits per heavy atom. The molecule has 0 aromatic heterocycles. The summed E-state index contributed by atoms with van der Waals surface area (Å²) in [6.07, 6.45) is 4.68. The number of hydrogen-bond donors (Lipinski definition) is 1. The molecule has 4 rings (SSSR count). The number of alkyl halides is 1. The number of halogens is 1. The molecule has 0 saturated heterocycles. The van der Waals surface area contributed by atoms with Crippen molar-refractivity contribution in [1.82, 2.24) is 10.2 Å². The topological polar surface area (TPSA) is 86.3 Å². The highest BCUT2D eigenvalue weighted by Crippen LogP contribution is 2.35. The number of carbonyl (C=O) groups excluding carboxylic acids is 2. The fourth-order valence-electron chi connectivity index (χ4n) is 4.93. The Kier molecular flexibility index (Phi) is 9.39. The van der Waals surface area contributed by atoms with Gasteiger partial charge in [0.25, 0.3) is 0 Å². The minimum atomic E-state index is -0.932. The van der Waals surface area contributed by atoms with E-state index in [-0.39, 0.29) is 36.9 Å². The van der Waals surface area contributed by atoms with Gasteiger partial charge in [0, 0.05) is 6.04 Å². The van der Waals surface area contributed by atoms with Gasteiger partial charge in [-0.15, -0.1) is 11.6 Å². The molecule has 8 nitrogen and oxygen atoms in total. The first kappa shape index (κ1) is 26.9. The first-order valence-electron chi connectivity index (χ1n) is 12.9. The van der Waals surface area contributed by atoms with E-state index in [1.54, 1.807) is 25.3 Å². The van der Waals surface area contributed by atoms with E-state index in [4.69, 9.17) is 30.5 Å². The highest BCUT2D eigenvalue weighted by molar-refractivity contribution is 6.27. The van der Waals surface area contributed by atoms with Gasteiger partial charge in [0.05, 0.1) is 20.3 Å². The van der Waals surface area contributed by atoms with E-state index in [9.17, 15) is 9.59 Å². The summed E-state index contributed by atoms with van der Waals surface area (Å²) in [5.41, 5.74) is 0.601. The number of carbonyl (C=O) groups is 2. The first-order chi connectivity index (χ1) is 18.0. The average Bonchev–Trinajstić information content (AvgIpc) is 2.93. The van der Waals surface area contributed by atoms with Gasteiger partial charge in [0.2, 0.25) is 11.8 Å². The second kappa shape index (κ2) is 12.9. The second-order valence-electron chi connectivity index (χ2n) is 9.27. The maximum atomic E-state index is 13.8. The standard InChI is InChI=1S/C28H35ClN2O6/c1-3-35-23-14-13-19(15-25(23)34-2)27(28(33)30-20-9-5-4-6-10-20)31(26(32)16-29)17-21-18-36-22-11-7-8-12-24(22)37-21/h7-8,11-15,20-21,27H,3-6,9-10,16-18H2,1-2H3,(H,30,33). The summed E-state index contributed by atoms with van der Waals surface area (Å²) in [6.45, 7) is 2.72. The zero-order chi connectivity index (χ0) is 26.2. The van der Waals surface area contributed by atoms with E-state index >= 15 is 0 Å². The van der Waals surface area contributed by atoms with Crippen molar-refractivity contribution in [2.75, 3.05) is 32.7 Å². The second-order valence-corrected chi connectivity index (χ2v) is 9.53. The van der Waals surface area contributed by atoms with Crippen molar-refractivity contribution in [3.8, 4) is 23.0 Å². The lowest BCUT2D eigenvalue weighted by atomic mass is 9.94. The van der Waals surface area contributed by atoms with Gasteiger partial charge in [-0.25, -0.2) is 0 Å². The molecule has 2 aliphatic rings. The third-order valence-corrected chi connectivity index (χ3v) is 6.95. The summed E-state index contributed by atoms with van der Waals surface area (Å²) in [4.78, 5) is 28.5. The molecule has 1 saturated carbocycles. The van der Waals surface area contributed by atoms with Gasteiger partial charge in [-0.1, -0.05) is 37.5 Å². The zero-order valence-electron chi connectivity index (χ0n) is 21.4. The monoisotopic (exact) mass is 530 g/mol. The molecule has 2 aromatic carbocycles. The fourth-order valence-corrected chi connectivity index (χ4v) is 5.08. The quantitative estimate of drug-likeness (QED) is 0.455. The van der Waals surface area contributed by atoms with Crippen LogP contribution >= 0.6 is 11.6 Å². The number of rotatable bonds is 10. The molecule has 2 aromatic rings. The van der Waals surface area contributed by atoms with Crippen LogP contribution in [0.4, 0.5) is 0 Å². The molecular formula is C28H35ClN2O6. The van der Waals surface area contributed by atoms with Crippen molar-refractivity contribution in [2.45, 2.75) is 57.2 Å². The molecule has 2 unspecified atom stereocenters. The molecule has 0 spiro atoms. The maximum Gasteiger partial charge on any atom is 0.247 e. The number of hydrogen-bond acceptors (Lipinski definition) is 6. The summed E-state index contributed by atoms with van der Waals surface area (Å²) < 4.78 is 23.2. The van der Waals surface area contributed by atoms with Gasteiger partial charge < -0.3 is 29.2 Å². The molecule has 1 N–H and O–H groups in total. The van der Waals surface area contributed by atoms with Crippen molar-refractivity contribution in [3.63, 3.8) is 0 Å². The molecule has 0 bridgehead atoms. The molecule has 1 heterocycles. The summed E-state index contributed by atoms with van der Waals surface area (Å²) in [7, 11) is 1.55. The molecule has 37 heavy (non-hydrogen) atoms. The number of para-hydroxylation sites is 2. The minimum Gasteiger partial charge on any atom is -0.493 e. The molecule has 2 atom stereocenters. The fraction of sp³-hybridized carbons (Fsp3) is 0.500.